The van der Waals surface area contributed by atoms with Crippen LogP contribution in [0.25, 0.3) is 10.9 Å². The molecular formula is C19H14FN3O4. The molecule has 3 aromatic rings. The first-order valence-electron chi connectivity index (χ1n) is 7.85. The van der Waals surface area contributed by atoms with Crippen LogP contribution in [0.2, 0.25) is 0 Å². The Labute approximate surface area is 153 Å². The number of pyridine rings is 1. The summed E-state index contributed by atoms with van der Waals surface area (Å²) in [5.74, 6) is -1.94. The van der Waals surface area contributed by atoms with E-state index >= 15 is 0 Å². The fourth-order valence-corrected chi connectivity index (χ4v) is 2.78. The van der Waals surface area contributed by atoms with E-state index in [1.54, 1.807) is 6.92 Å². The number of aromatic nitrogens is 1. The van der Waals surface area contributed by atoms with Gasteiger partial charge in [0.1, 0.15) is 28.8 Å². The smallest absolute Gasteiger partial charge is 0.342 e. The molecule has 0 aliphatic heterocycles. The lowest BCUT2D eigenvalue weighted by Crippen LogP contribution is -2.14. The van der Waals surface area contributed by atoms with Crippen molar-refractivity contribution in [2.75, 3.05) is 12.4 Å². The van der Waals surface area contributed by atoms with Gasteiger partial charge in [-0.1, -0.05) is 0 Å². The minimum Gasteiger partial charge on any atom is -0.465 e. The molecule has 8 heteroatoms. The Kier molecular flexibility index (Phi) is 4.60. The lowest BCUT2D eigenvalue weighted by Gasteiger charge is -2.08. The van der Waals surface area contributed by atoms with E-state index < -0.39 is 17.7 Å². The van der Waals surface area contributed by atoms with Gasteiger partial charge in [0.15, 0.2) is 0 Å². The molecule has 2 heterocycles. The summed E-state index contributed by atoms with van der Waals surface area (Å²) in [6.45, 7) is 3.18. The second-order valence-electron chi connectivity index (χ2n) is 5.77. The van der Waals surface area contributed by atoms with E-state index in [1.165, 1.54) is 38.3 Å². The zero-order valence-corrected chi connectivity index (χ0v) is 14.7. The standard InChI is InChI=1S/C19H14FN3O4/c1-9-6-13(12-7-11(20)4-5-15(12)22-9)17(24)23-18-14(8-21)16(10(2)27-18)19(25)26-3/h4-7H,1-3H3,(H,23,24). The number of furan rings is 1. The quantitative estimate of drug-likeness (QED) is 0.711. The third-order valence-electron chi connectivity index (χ3n) is 3.96. The lowest BCUT2D eigenvalue weighted by molar-refractivity contribution is 0.0598. The van der Waals surface area contributed by atoms with Crippen molar-refractivity contribution < 1.29 is 23.1 Å². The summed E-state index contributed by atoms with van der Waals surface area (Å²) in [6.07, 6.45) is 0. The zero-order chi connectivity index (χ0) is 19.7. The Bertz CT molecular complexity index is 1130. The number of fused-ring (bicyclic) bond motifs is 1. The van der Waals surface area contributed by atoms with Gasteiger partial charge in [0.25, 0.3) is 5.91 Å². The number of ether oxygens (including phenoxy) is 1. The number of nitrogens with zero attached hydrogens (tertiary/aromatic N) is 2. The van der Waals surface area contributed by atoms with E-state index in [1.807, 2.05) is 6.07 Å². The minimum absolute atomic E-state index is 0.0582. The predicted octanol–water partition coefficient (Wildman–Crippen LogP) is 3.49. The molecule has 0 atom stereocenters. The molecule has 1 N–H and O–H groups in total. The molecule has 0 saturated heterocycles. The van der Waals surface area contributed by atoms with Crippen molar-refractivity contribution in [1.82, 2.24) is 4.98 Å². The molecule has 0 spiro atoms. The summed E-state index contributed by atoms with van der Waals surface area (Å²) in [6, 6.07) is 7.26. The largest absolute Gasteiger partial charge is 0.465 e. The van der Waals surface area contributed by atoms with Crippen molar-refractivity contribution in [3.8, 4) is 6.07 Å². The third-order valence-corrected chi connectivity index (χ3v) is 3.96. The molecule has 1 aromatic carbocycles. The number of carbonyl (C=O) groups excluding carboxylic acids is 2. The number of rotatable bonds is 3. The summed E-state index contributed by atoms with van der Waals surface area (Å²) in [4.78, 5) is 28.9. The number of carbonyl (C=O) groups is 2. The van der Waals surface area contributed by atoms with Crippen LogP contribution < -0.4 is 5.32 Å². The summed E-state index contributed by atoms with van der Waals surface area (Å²) in [5.41, 5.74) is 0.971. The summed E-state index contributed by atoms with van der Waals surface area (Å²) < 4.78 is 23.6. The van der Waals surface area contributed by atoms with Crippen LogP contribution in [-0.2, 0) is 4.74 Å². The number of amides is 1. The Morgan fingerprint density at radius 3 is 2.70 bits per heavy atom. The van der Waals surface area contributed by atoms with Crippen molar-refractivity contribution in [1.29, 1.82) is 5.26 Å². The molecule has 0 bridgehead atoms. The highest BCUT2D eigenvalue weighted by Crippen LogP contribution is 2.28. The van der Waals surface area contributed by atoms with E-state index in [0.717, 1.165) is 0 Å². The van der Waals surface area contributed by atoms with Crippen molar-refractivity contribution in [2.24, 2.45) is 0 Å². The Balaban J connectivity index is 2.07. The second kappa shape index (κ2) is 6.88. The highest BCUT2D eigenvalue weighted by Gasteiger charge is 2.26. The molecule has 136 valence electrons. The van der Waals surface area contributed by atoms with Crippen LogP contribution in [0.1, 0.15) is 37.7 Å². The Morgan fingerprint density at radius 2 is 2.04 bits per heavy atom. The summed E-state index contributed by atoms with van der Waals surface area (Å²) >= 11 is 0. The molecule has 0 aliphatic carbocycles. The average Bonchev–Trinajstić information content (AvgIpc) is 2.95. The third kappa shape index (κ3) is 3.22. The van der Waals surface area contributed by atoms with Crippen LogP contribution in [0.4, 0.5) is 10.3 Å². The van der Waals surface area contributed by atoms with Crippen molar-refractivity contribution >= 4 is 28.7 Å². The van der Waals surface area contributed by atoms with Gasteiger partial charge in [-0.15, -0.1) is 0 Å². The van der Waals surface area contributed by atoms with Crippen LogP contribution in [0.5, 0.6) is 0 Å². The Hall–Kier alpha value is -3.73. The monoisotopic (exact) mass is 367 g/mol. The first-order valence-corrected chi connectivity index (χ1v) is 7.85. The number of methoxy groups -OCH3 is 1. The van der Waals surface area contributed by atoms with E-state index in [-0.39, 0.29) is 28.3 Å². The van der Waals surface area contributed by atoms with Crippen LogP contribution >= 0.6 is 0 Å². The van der Waals surface area contributed by atoms with Crippen molar-refractivity contribution in [2.45, 2.75) is 13.8 Å². The number of esters is 1. The number of nitrogens with one attached hydrogen (secondary N) is 1. The Morgan fingerprint density at radius 1 is 1.30 bits per heavy atom. The zero-order valence-electron chi connectivity index (χ0n) is 14.7. The van der Waals surface area contributed by atoms with Gasteiger partial charge in [-0.3, -0.25) is 15.1 Å². The molecule has 1 amide bonds. The number of nitriles is 1. The van der Waals surface area contributed by atoms with Crippen LogP contribution in [0.3, 0.4) is 0 Å². The average molecular weight is 367 g/mol. The van der Waals surface area contributed by atoms with E-state index in [0.29, 0.717) is 16.6 Å². The van der Waals surface area contributed by atoms with Crippen LogP contribution in [0, 0.1) is 31.0 Å². The molecule has 27 heavy (non-hydrogen) atoms. The van der Waals surface area contributed by atoms with E-state index in [9.17, 15) is 19.2 Å². The molecule has 2 aromatic heterocycles. The highest BCUT2D eigenvalue weighted by atomic mass is 19.1. The fraction of sp³-hybridized carbons (Fsp3) is 0.158. The van der Waals surface area contributed by atoms with E-state index in [4.69, 9.17) is 4.42 Å². The van der Waals surface area contributed by atoms with Gasteiger partial charge in [-0.25, -0.2) is 9.18 Å². The van der Waals surface area contributed by atoms with Gasteiger partial charge >= 0.3 is 5.97 Å². The highest BCUT2D eigenvalue weighted by molar-refractivity contribution is 6.12. The maximum atomic E-state index is 13.6. The van der Waals surface area contributed by atoms with Gasteiger partial charge in [-0.05, 0) is 38.1 Å². The summed E-state index contributed by atoms with van der Waals surface area (Å²) in [7, 11) is 1.18. The molecule has 0 radical (unpaired) electrons. The number of anilines is 1. The summed E-state index contributed by atoms with van der Waals surface area (Å²) in [5, 5.41) is 12.1. The maximum Gasteiger partial charge on any atom is 0.342 e. The maximum absolute atomic E-state index is 13.6. The molecule has 7 nitrogen and oxygen atoms in total. The van der Waals surface area contributed by atoms with E-state index in [2.05, 4.69) is 15.0 Å². The topological polar surface area (TPSA) is 105 Å². The van der Waals surface area contributed by atoms with Gasteiger partial charge in [0.2, 0.25) is 5.88 Å². The molecule has 0 saturated carbocycles. The van der Waals surface area contributed by atoms with Crippen LogP contribution in [0.15, 0.2) is 28.7 Å². The molecule has 3 rings (SSSR count). The SMILES string of the molecule is COC(=O)c1c(C)oc(NC(=O)c2cc(C)nc3ccc(F)cc23)c1C#N. The van der Waals surface area contributed by atoms with Crippen molar-refractivity contribution in [3.05, 3.63) is 58.2 Å². The van der Waals surface area contributed by atoms with Crippen LogP contribution in [-0.4, -0.2) is 24.0 Å². The fourth-order valence-electron chi connectivity index (χ4n) is 2.78. The predicted molar refractivity (Wildman–Crippen MR) is 93.9 cm³/mol. The van der Waals surface area contributed by atoms with Gasteiger partial charge in [-0.2, -0.15) is 5.26 Å². The number of benzene rings is 1. The number of hydrogen-bond donors (Lipinski definition) is 1. The lowest BCUT2D eigenvalue weighted by atomic mass is 10.1. The number of aryl methyl sites for hydroxylation is 2. The van der Waals surface area contributed by atoms with Gasteiger partial charge in [0.05, 0.1) is 18.2 Å². The van der Waals surface area contributed by atoms with Crippen molar-refractivity contribution in [3.63, 3.8) is 0 Å². The first-order chi connectivity index (χ1) is 12.8. The molecular weight excluding hydrogens is 353 g/mol. The number of halogens is 1. The second-order valence-corrected chi connectivity index (χ2v) is 5.77. The van der Waals surface area contributed by atoms with Gasteiger partial charge < -0.3 is 9.15 Å². The normalized spacial score (nSPS) is 10.5. The van der Waals surface area contributed by atoms with Gasteiger partial charge in [0, 0.05) is 11.1 Å². The molecule has 0 unspecified atom stereocenters. The minimum atomic E-state index is -0.749. The molecule has 0 aliphatic rings. The molecule has 0 fully saturated rings. The number of hydrogen-bond acceptors (Lipinski definition) is 6. The first kappa shape index (κ1) is 18.1.